The number of hydrogen-bond donors (Lipinski definition) is 1. The summed E-state index contributed by atoms with van der Waals surface area (Å²) < 4.78 is 5.24. The molecule has 0 aromatic heterocycles. The van der Waals surface area contributed by atoms with Crippen LogP contribution in [0.1, 0.15) is 37.0 Å². The van der Waals surface area contributed by atoms with Gasteiger partial charge in [-0.15, -0.1) is 0 Å². The number of rotatable bonds is 6. The quantitative estimate of drug-likeness (QED) is 0.805. The van der Waals surface area contributed by atoms with E-state index >= 15 is 0 Å². The summed E-state index contributed by atoms with van der Waals surface area (Å²) in [5.41, 5.74) is 2.30. The van der Waals surface area contributed by atoms with Gasteiger partial charge in [-0.25, -0.2) is 0 Å². The topological polar surface area (TPSA) is 46.5 Å². The number of aryl methyl sites for hydroxylation is 1. The van der Waals surface area contributed by atoms with Crippen molar-refractivity contribution >= 4 is 5.97 Å². The smallest absolute Gasteiger partial charge is 0.303 e. The zero-order valence-corrected chi connectivity index (χ0v) is 9.77. The number of carboxylic acid groups (broad SMARTS) is 1. The van der Waals surface area contributed by atoms with E-state index in [4.69, 9.17) is 9.84 Å². The van der Waals surface area contributed by atoms with E-state index in [9.17, 15) is 4.79 Å². The first-order valence-corrected chi connectivity index (χ1v) is 5.47. The van der Waals surface area contributed by atoms with Gasteiger partial charge in [0.1, 0.15) is 0 Å². The first-order valence-electron chi connectivity index (χ1n) is 5.47. The van der Waals surface area contributed by atoms with Gasteiger partial charge in [0.25, 0.3) is 0 Å². The Hall–Kier alpha value is -1.35. The van der Waals surface area contributed by atoms with Gasteiger partial charge in [0.2, 0.25) is 0 Å². The average molecular weight is 222 g/mol. The summed E-state index contributed by atoms with van der Waals surface area (Å²) in [6, 6.07) is 8.11. The fraction of sp³-hybridized carbons (Fsp3) is 0.462. The van der Waals surface area contributed by atoms with Crippen molar-refractivity contribution in [2.45, 2.75) is 32.3 Å². The van der Waals surface area contributed by atoms with Crippen LogP contribution in [0.15, 0.2) is 24.3 Å². The molecule has 0 aliphatic heterocycles. The van der Waals surface area contributed by atoms with E-state index in [0.29, 0.717) is 6.42 Å². The summed E-state index contributed by atoms with van der Waals surface area (Å²) >= 11 is 0. The van der Waals surface area contributed by atoms with Crippen LogP contribution in [0.25, 0.3) is 0 Å². The molecular formula is C13H18O3. The lowest BCUT2D eigenvalue weighted by molar-refractivity contribution is -0.137. The van der Waals surface area contributed by atoms with Crippen LogP contribution in [0.3, 0.4) is 0 Å². The molecule has 0 spiro atoms. The molecule has 0 aliphatic carbocycles. The van der Waals surface area contributed by atoms with E-state index in [1.165, 1.54) is 5.56 Å². The van der Waals surface area contributed by atoms with E-state index in [1.807, 2.05) is 25.1 Å². The normalized spacial score (nSPS) is 12.4. The Bertz CT molecular complexity index is 347. The third-order valence-corrected chi connectivity index (χ3v) is 2.63. The van der Waals surface area contributed by atoms with Gasteiger partial charge in [0, 0.05) is 13.5 Å². The third kappa shape index (κ3) is 4.03. The number of ether oxygens (including phenoxy) is 1. The van der Waals surface area contributed by atoms with Crippen molar-refractivity contribution in [1.82, 2.24) is 0 Å². The van der Waals surface area contributed by atoms with E-state index in [-0.39, 0.29) is 12.5 Å². The van der Waals surface area contributed by atoms with Gasteiger partial charge in [-0.05, 0) is 30.9 Å². The minimum Gasteiger partial charge on any atom is -0.481 e. The molecule has 3 heteroatoms. The highest BCUT2D eigenvalue weighted by molar-refractivity contribution is 5.66. The maximum absolute atomic E-state index is 10.4. The molecule has 0 saturated carbocycles. The van der Waals surface area contributed by atoms with E-state index in [2.05, 4.69) is 6.07 Å². The van der Waals surface area contributed by atoms with Gasteiger partial charge >= 0.3 is 5.97 Å². The molecule has 3 nitrogen and oxygen atoms in total. The standard InChI is InChI=1S/C13H18O3/c1-10(16-2)12-7-3-5-11(9-12)6-4-8-13(14)15/h3,5,7,9-10H,4,6,8H2,1-2H3,(H,14,15). The Morgan fingerprint density at radius 1 is 1.50 bits per heavy atom. The molecule has 1 aromatic carbocycles. The molecule has 1 atom stereocenters. The highest BCUT2D eigenvalue weighted by atomic mass is 16.5. The molecule has 0 bridgehead atoms. The molecule has 1 aromatic rings. The molecule has 88 valence electrons. The van der Waals surface area contributed by atoms with Gasteiger partial charge in [-0.1, -0.05) is 24.3 Å². The maximum Gasteiger partial charge on any atom is 0.303 e. The van der Waals surface area contributed by atoms with Crippen molar-refractivity contribution in [3.63, 3.8) is 0 Å². The summed E-state index contributed by atoms with van der Waals surface area (Å²) in [5.74, 6) is -0.735. The SMILES string of the molecule is COC(C)c1cccc(CCCC(=O)O)c1. The van der Waals surface area contributed by atoms with Crippen LogP contribution in [0.5, 0.6) is 0 Å². The number of methoxy groups -OCH3 is 1. The number of benzene rings is 1. The van der Waals surface area contributed by atoms with Gasteiger partial charge in [-0.2, -0.15) is 0 Å². The van der Waals surface area contributed by atoms with Crippen LogP contribution in [0, 0.1) is 0 Å². The summed E-state index contributed by atoms with van der Waals surface area (Å²) in [7, 11) is 1.68. The van der Waals surface area contributed by atoms with E-state index in [0.717, 1.165) is 12.0 Å². The molecule has 0 saturated heterocycles. The Morgan fingerprint density at radius 3 is 2.88 bits per heavy atom. The average Bonchev–Trinajstić information content (AvgIpc) is 2.28. The first kappa shape index (κ1) is 12.7. The van der Waals surface area contributed by atoms with E-state index < -0.39 is 5.97 Å². The maximum atomic E-state index is 10.4. The van der Waals surface area contributed by atoms with Crippen molar-refractivity contribution in [3.05, 3.63) is 35.4 Å². The Kier molecular flexibility index (Phi) is 4.99. The summed E-state index contributed by atoms with van der Waals surface area (Å²) in [5, 5.41) is 8.55. The van der Waals surface area contributed by atoms with Crippen molar-refractivity contribution in [2.24, 2.45) is 0 Å². The second-order valence-corrected chi connectivity index (χ2v) is 3.87. The Labute approximate surface area is 96.1 Å². The van der Waals surface area contributed by atoms with Gasteiger partial charge < -0.3 is 9.84 Å². The summed E-state index contributed by atoms with van der Waals surface area (Å²) in [4.78, 5) is 10.4. The minimum absolute atomic E-state index is 0.0828. The molecule has 1 unspecified atom stereocenters. The lowest BCUT2D eigenvalue weighted by atomic mass is 10.0. The third-order valence-electron chi connectivity index (χ3n) is 2.63. The zero-order chi connectivity index (χ0) is 12.0. The molecule has 16 heavy (non-hydrogen) atoms. The molecular weight excluding hydrogens is 204 g/mol. The Balaban J connectivity index is 2.57. The van der Waals surface area contributed by atoms with Crippen molar-refractivity contribution < 1.29 is 14.6 Å². The lowest BCUT2D eigenvalue weighted by Crippen LogP contribution is -1.98. The molecule has 0 heterocycles. The van der Waals surface area contributed by atoms with Crippen LogP contribution < -0.4 is 0 Å². The fourth-order valence-electron chi connectivity index (χ4n) is 1.58. The first-order chi connectivity index (χ1) is 7.63. The van der Waals surface area contributed by atoms with Crippen LogP contribution in [0.2, 0.25) is 0 Å². The molecule has 0 aliphatic rings. The van der Waals surface area contributed by atoms with Crippen LogP contribution >= 0.6 is 0 Å². The number of carbonyl (C=O) groups is 1. The van der Waals surface area contributed by atoms with Crippen LogP contribution in [-0.4, -0.2) is 18.2 Å². The van der Waals surface area contributed by atoms with E-state index in [1.54, 1.807) is 7.11 Å². The van der Waals surface area contributed by atoms with Crippen molar-refractivity contribution in [2.75, 3.05) is 7.11 Å². The molecule has 1 N–H and O–H groups in total. The monoisotopic (exact) mass is 222 g/mol. The molecule has 0 radical (unpaired) electrons. The minimum atomic E-state index is -0.735. The molecule has 0 fully saturated rings. The number of hydrogen-bond acceptors (Lipinski definition) is 2. The van der Waals surface area contributed by atoms with Gasteiger partial charge in [0.15, 0.2) is 0 Å². The highest BCUT2D eigenvalue weighted by Crippen LogP contribution is 2.17. The predicted octanol–water partition coefficient (Wildman–Crippen LogP) is 2.80. The fourth-order valence-corrected chi connectivity index (χ4v) is 1.58. The predicted molar refractivity (Wildman–Crippen MR) is 62.4 cm³/mol. The van der Waals surface area contributed by atoms with Gasteiger partial charge in [0.05, 0.1) is 6.10 Å². The second-order valence-electron chi connectivity index (χ2n) is 3.87. The Morgan fingerprint density at radius 2 is 2.25 bits per heavy atom. The molecule has 1 rings (SSSR count). The largest absolute Gasteiger partial charge is 0.481 e. The van der Waals surface area contributed by atoms with Crippen molar-refractivity contribution in [3.8, 4) is 0 Å². The second kappa shape index (κ2) is 6.28. The number of aliphatic carboxylic acids is 1. The molecule has 0 amide bonds. The summed E-state index contributed by atoms with van der Waals surface area (Å²) in [6.45, 7) is 2.00. The summed E-state index contributed by atoms with van der Waals surface area (Å²) in [6.07, 6.45) is 1.79. The van der Waals surface area contributed by atoms with Crippen molar-refractivity contribution in [1.29, 1.82) is 0 Å². The lowest BCUT2D eigenvalue weighted by Gasteiger charge is -2.11. The highest BCUT2D eigenvalue weighted by Gasteiger charge is 2.04. The van der Waals surface area contributed by atoms with Gasteiger partial charge in [-0.3, -0.25) is 4.79 Å². The van der Waals surface area contributed by atoms with Crippen LogP contribution in [0.4, 0.5) is 0 Å². The number of carboxylic acids is 1. The zero-order valence-electron chi connectivity index (χ0n) is 9.77. The van der Waals surface area contributed by atoms with Crippen LogP contribution in [-0.2, 0) is 16.0 Å².